The number of aliphatic hydroxyl groups is 1. The van der Waals surface area contributed by atoms with Crippen LogP contribution in [0.15, 0.2) is 110 Å². The highest BCUT2D eigenvalue weighted by Gasteiger charge is 2.25. The molecule has 12 rings (SSSR count). The average Bonchev–Trinajstić information content (AvgIpc) is 4.26. The minimum absolute atomic E-state index is 0.0928. The molecule has 6 aromatic heterocycles. The Kier molecular flexibility index (Phi) is 24.3. The summed E-state index contributed by atoms with van der Waals surface area (Å²) in [6.45, 7) is 12.1. The molecule has 2 saturated heterocycles. The highest BCUT2D eigenvalue weighted by Crippen LogP contribution is 2.32. The summed E-state index contributed by atoms with van der Waals surface area (Å²) in [4.78, 5) is 47.9. The number of piperidine rings is 1. The van der Waals surface area contributed by atoms with E-state index in [0.29, 0.717) is 52.1 Å². The van der Waals surface area contributed by atoms with Crippen LogP contribution < -0.4 is 22.1 Å². The number of para-hydroxylation sites is 2. The number of aromatic nitrogens is 6. The van der Waals surface area contributed by atoms with Crippen LogP contribution in [0.25, 0.3) is 43.6 Å². The van der Waals surface area contributed by atoms with Crippen LogP contribution in [0.5, 0.6) is 0 Å². The summed E-state index contributed by atoms with van der Waals surface area (Å²) in [5.41, 5.74) is 22.9. The first-order valence-electron chi connectivity index (χ1n) is 30.1. The van der Waals surface area contributed by atoms with Crippen molar-refractivity contribution >= 4 is 67.2 Å². The lowest BCUT2D eigenvalue weighted by Gasteiger charge is -2.30. The molecule has 7 N–H and O–H groups in total. The molecule has 0 bridgehead atoms. The Morgan fingerprint density at radius 3 is 1.44 bits per heavy atom. The summed E-state index contributed by atoms with van der Waals surface area (Å²) < 4.78 is 4.28. The Hall–Kier alpha value is -6.27. The van der Waals surface area contributed by atoms with E-state index < -0.39 is 0 Å². The average molecular weight is 1120 g/mol. The quantitative estimate of drug-likeness (QED) is 0.0576. The topological polar surface area (TPSA) is 198 Å². The van der Waals surface area contributed by atoms with E-state index in [0.717, 1.165) is 120 Å². The number of nitrogens with one attached hydrogen (secondary N) is 2. The lowest BCUT2D eigenvalue weighted by atomic mass is 9.96. The summed E-state index contributed by atoms with van der Waals surface area (Å²) in [5, 5.41) is 21.3. The predicted molar refractivity (Wildman–Crippen MR) is 333 cm³/mol. The van der Waals surface area contributed by atoms with Crippen LogP contribution in [0, 0.1) is 0 Å². The van der Waals surface area contributed by atoms with Gasteiger partial charge < -0.3 is 46.1 Å². The SMILES string of the molecule is CC.NCCCCNCc1nccc2c3ccccc3n(CC(=O)N3CCC(O)CC3)c12.NCCCCNCc1nccc2c3ccccc3n(CC(=O)N3CCSCC3)c12.c1cnc2c(c1)CCCC2.c1cnc2c(c1)CCCC2. The number of carbonyl (C=O) groups is 2. The second kappa shape index (κ2) is 32.4. The third kappa shape index (κ3) is 16.5. The highest BCUT2D eigenvalue weighted by molar-refractivity contribution is 7.99. The van der Waals surface area contributed by atoms with Crippen LogP contribution >= 0.6 is 11.8 Å². The van der Waals surface area contributed by atoms with Crippen molar-refractivity contribution in [3.63, 3.8) is 0 Å². The minimum atomic E-state index is -0.288. The number of likely N-dealkylation sites (tertiary alicyclic amines) is 1. The van der Waals surface area contributed by atoms with Crippen LogP contribution in [0.2, 0.25) is 0 Å². The number of amides is 2. The van der Waals surface area contributed by atoms with E-state index in [-0.39, 0.29) is 24.5 Å². The van der Waals surface area contributed by atoms with Crippen LogP contribution in [0.4, 0.5) is 0 Å². The summed E-state index contributed by atoms with van der Waals surface area (Å²) in [6, 6.07) is 29.1. The summed E-state index contributed by atoms with van der Waals surface area (Å²) in [5.74, 6) is 2.34. The number of rotatable bonds is 16. The maximum atomic E-state index is 13.1. The van der Waals surface area contributed by atoms with Crippen LogP contribution in [-0.4, -0.2) is 126 Å². The molecule has 4 aliphatic rings. The third-order valence-corrected chi connectivity index (χ3v) is 16.6. The number of thioether (sulfide) groups is 1. The molecule has 0 radical (unpaired) electrons. The van der Waals surface area contributed by atoms with E-state index in [1.54, 1.807) is 0 Å². The van der Waals surface area contributed by atoms with Gasteiger partial charge >= 0.3 is 0 Å². The number of benzene rings is 2. The zero-order valence-corrected chi connectivity index (χ0v) is 49.0. The molecule has 16 heteroatoms. The van der Waals surface area contributed by atoms with Gasteiger partial charge in [0.05, 0.1) is 28.5 Å². The fourth-order valence-corrected chi connectivity index (χ4v) is 12.3. The van der Waals surface area contributed by atoms with Crippen molar-refractivity contribution in [1.82, 2.24) is 49.5 Å². The largest absolute Gasteiger partial charge is 0.393 e. The number of aryl methyl sites for hydroxylation is 4. The molecule has 432 valence electrons. The molecular weight excluding hydrogens is 1030 g/mol. The molecule has 2 amide bonds. The number of aliphatic hydroxyl groups excluding tert-OH is 1. The molecule has 81 heavy (non-hydrogen) atoms. The number of nitrogens with two attached hydrogens (primary N) is 2. The van der Waals surface area contributed by atoms with Gasteiger partial charge in [-0.25, -0.2) is 0 Å². The number of fused-ring (bicyclic) bond motifs is 8. The monoisotopic (exact) mass is 1120 g/mol. The van der Waals surface area contributed by atoms with E-state index in [4.69, 9.17) is 11.5 Å². The first-order chi connectivity index (χ1) is 39.9. The highest BCUT2D eigenvalue weighted by atomic mass is 32.2. The zero-order valence-electron chi connectivity index (χ0n) is 48.2. The normalized spacial score (nSPS) is 15.1. The molecule has 8 heterocycles. The third-order valence-electron chi connectivity index (χ3n) is 15.7. The molecule has 2 fully saturated rings. The molecule has 0 atom stereocenters. The number of hydrogen-bond donors (Lipinski definition) is 5. The smallest absolute Gasteiger partial charge is 0.242 e. The zero-order chi connectivity index (χ0) is 56.6. The van der Waals surface area contributed by atoms with Crippen LogP contribution in [-0.2, 0) is 61.5 Å². The Morgan fingerprint density at radius 2 is 0.988 bits per heavy atom. The second-order valence-corrected chi connectivity index (χ2v) is 22.3. The standard InChI is InChI=1S/C23H31N5O2.C22H29N5OS.2C9H11N.C2H6/c24-10-3-4-11-25-15-20-23-19(7-12-26-20)18-5-1-2-6-21(18)28(23)16-22(30)27-13-8-17(29)9-14-27;23-8-3-4-9-24-15-19-22-18(7-10-25-19)17-5-1-2-6-20(17)27(22)16-21(28)26-11-13-29-14-12-26;2*1-2-6-9-8(4-1)5-3-7-10-9;1-2/h1-2,5-7,12,17,25,29H,3-4,8-11,13-16,24H2;1-2,5-7,10,24H,3-4,8-9,11-16,23H2;2*3,5,7H,1-2,4,6H2;1-2H3. The number of hydrogen-bond acceptors (Lipinski definition) is 12. The molecule has 0 saturated carbocycles. The van der Waals surface area contributed by atoms with Gasteiger partial charge in [-0.2, -0.15) is 11.8 Å². The van der Waals surface area contributed by atoms with Gasteiger partial charge in [-0.1, -0.05) is 62.4 Å². The van der Waals surface area contributed by atoms with Gasteiger partial charge in [0.25, 0.3) is 0 Å². The van der Waals surface area contributed by atoms with Crippen molar-refractivity contribution in [3.8, 4) is 0 Å². The Balaban J connectivity index is 0.000000155. The van der Waals surface area contributed by atoms with Crippen molar-refractivity contribution in [2.75, 3.05) is 63.9 Å². The summed E-state index contributed by atoms with van der Waals surface area (Å²) in [6.07, 6.45) is 22.8. The van der Waals surface area contributed by atoms with E-state index in [2.05, 4.69) is 88.2 Å². The first kappa shape index (κ1) is 60.8. The van der Waals surface area contributed by atoms with Gasteiger partial charge in [0, 0.05) is 120 Å². The summed E-state index contributed by atoms with van der Waals surface area (Å²) >= 11 is 1.92. The molecule has 8 aromatic rings. The van der Waals surface area contributed by atoms with E-state index in [1.165, 1.54) is 79.3 Å². The molecule has 0 spiro atoms. The molecule has 0 unspecified atom stereocenters. The molecule has 15 nitrogen and oxygen atoms in total. The number of carbonyl (C=O) groups excluding carboxylic acids is 2. The first-order valence-corrected chi connectivity index (χ1v) is 31.2. The van der Waals surface area contributed by atoms with E-state index in [1.807, 2.05) is 96.6 Å². The van der Waals surface area contributed by atoms with Gasteiger partial charge in [-0.05, 0) is 164 Å². The van der Waals surface area contributed by atoms with Crippen molar-refractivity contribution in [2.45, 2.75) is 136 Å². The van der Waals surface area contributed by atoms with Crippen LogP contribution in [0.3, 0.4) is 0 Å². The van der Waals surface area contributed by atoms with Crippen molar-refractivity contribution in [2.24, 2.45) is 11.5 Å². The number of pyridine rings is 4. The molecular formula is C65H88N12O3S. The predicted octanol–water partition coefficient (Wildman–Crippen LogP) is 9.54. The molecule has 2 aliphatic carbocycles. The minimum Gasteiger partial charge on any atom is -0.393 e. The van der Waals surface area contributed by atoms with Crippen molar-refractivity contribution in [3.05, 3.63) is 144 Å². The van der Waals surface area contributed by atoms with Gasteiger partial charge in [0.1, 0.15) is 13.1 Å². The Morgan fingerprint density at radius 1 is 0.543 bits per heavy atom. The van der Waals surface area contributed by atoms with Gasteiger partial charge in [-0.15, -0.1) is 0 Å². The molecule has 2 aromatic carbocycles. The maximum Gasteiger partial charge on any atom is 0.242 e. The lowest BCUT2D eigenvalue weighted by Crippen LogP contribution is -2.41. The van der Waals surface area contributed by atoms with Gasteiger partial charge in [0.2, 0.25) is 11.8 Å². The van der Waals surface area contributed by atoms with E-state index >= 15 is 0 Å². The fraction of sp³-hybridized carbons (Fsp3) is 0.477. The second-order valence-electron chi connectivity index (χ2n) is 21.1. The number of unbranched alkanes of at least 4 members (excludes halogenated alkanes) is 2. The Bertz CT molecular complexity index is 3120. The Labute approximate surface area is 484 Å². The lowest BCUT2D eigenvalue weighted by molar-refractivity contribution is -0.133. The van der Waals surface area contributed by atoms with Gasteiger partial charge in [0.15, 0.2) is 0 Å². The van der Waals surface area contributed by atoms with Gasteiger partial charge in [-0.3, -0.25) is 29.5 Å². The van der Waals surface area contributed by atoms with E-state index in [9.17, 15) is 14.7 Å². The molecule has 2 aliphatic heterocycles. The van der Waals surface area contributed by atoms with Crippen LogP contribution in [0.1, 0.15) is 112 Å². The fourth-order valence-electron chi connectivity index (χ4n) is 11.4. The van der Waals surface area contributed by atoms with Crippen molar-refractivity contribution < 1.29 is 14.7 Å². The summed E-state index contributed by atoms with van der Waals surface area (Å²) in [7, 11) is 0. The maximum absolute atomic E-state index is 13.1. The van der Waals surface area contributed by atoms with Crippen molar-refractivity contribution in [1.29, 1.82) is 0 Å². The number of nitrogens with zero attached hydrogens (tertiary/aromatic N) is 8.